The standard InChI is InChI=1S/C43H54N20O7S3/c1-60-15-17-62(18-16-60)41-50-29-48-39(56-41)54-36-10-4-7-33(25-36)43(73(44,68)69,58-71(64,65)26-31-5-2-8-34(23-31)52-37-46-28-49-40(55-37)61-13-11-45-12-14-61)59-72(66,67)27-32-6-3-9-35(24-32)53-38-47-30-51-42(57-38)63-19-21-70-22-20-63/h2-10,23-25,28-30,45,58-59H,11-22,26-27H2,1H3,(H2,44,68,69)(H,46,49,52,55)(H,47,51,53,57)(H,48,50,54,56). The number of aromatic nitrogens is 9. The maximum atomic E-state index is 14.5. The van der Waals surface area contributed by atoms with Crippen LogP contribution in [0.15, 0.2) is 91.8 Å². The van der Waals surface area contributed by atoms with E-state index in [1.54, 1.807) is 24.3 Å². The van der Waals surface area contributed by atoms with Crippen molar-refractivity contribution in [1.82, 2.24) is 64.5 Å². The molecule has 0 aliphatic carbocycles. The summed E-state index contributed by atoms with van der Waals surface area (Å²) in [5.41, 5.74) is 0.903. The molecule has 3 aromatic heterocycles. The smallest absolute Gasteiger partial charge is 0.248 e. The number of hydrogen-bond acceptors (Lipinski definition) is 24. The highest BCUT2D eigenvalue weighted by Crippen LogP contribution is 2.31. The van der Waals surface area contributed by atoms with Gasteiger partial charge in [0, 0.05) is 88.1 Å². The molecular weight excluding hydrogens is 1000 g/mol. The first-order valence-corrected chi connectivity index (χ1v) is 27.9. The number of sulfonamides is 3. The van der Waals surface area contributed by atoms with Crippen LogP contribution in [0.25, 0.3) is 0 Å². The minimum Gasteiger partial charge on any atom is -0.378 e. The quantitative estimate of drug-likeness (QED) is 0.0529. The van der Waals surface area contributed by atoms with Crippen molar-refractivity contribution in [3.63, 3.8) is 0 Å². The summed E-state index contributed by atoms with van der Waals surface area (Å²) in [6.07, 6.45) is 4.04. The molecule has 0 saturated carbocycles. The molecule has 9 rings (SSSR count). The minimum absolute atomic E-state index is 0.0806. The number of nitrogens with zero attached hydrogens (tertiary/aromatic N) is 13. The van der Waals surface area contributed by atoms with E-state index in [-0.39, 0.29) is 34.7 Å². The molecule has 0 radical (unpaired) electrons. The van der Waals surface area contributed by atoms with Crippen molar-refractivity contribution in [2.45, 2.75) is 16.5 Å². The molecule has 0 bridgehead atoms. The highest BCUT2D eigenvalue weighted by atomic mass is 32.2. The van der Waals surface area contributed by atoms with Crippen LogP contribution >= 0.6 is 0 Å². The second kappa shape index (κ2) is 22.1. The Kier molecular flexibility index (Phi) is 15.4. The fourth-order valence-electron chi connectivity index (χ4n) is 8.18. The number of hydrogen-bond donors (Lipinski definition) is 7. The summed E-state index contributed by atoms with van der Waals surface area (Å²) in [5, 5.41) is 18.4. The van der Waals surface area contributed by atoms with Crippen LogP contribution in [0.4, 0.5) is 52.8 Å². The van der Waals surface area contributed by atoms with Gasteiger partial charge in [-0.15, -0.1) is 0 Å². The number of primary sulfonamides is 1. The van der Waals surface area contributed by atoms with Gasteiger partial charge in [0.1, 0.15) is 19.0 Å². The molecule has 30 heteroatoms. The molecule has 27 nitrogen and oxygen atoms in total. The summed E-state index contributed by atoms with van der Waals surface area (Å²) in [6.45, 7) is 8.04. The third-order valence-corrected chi connectivity index (χ3v) is 16.0. The van der Waals surface area contributed by atoms with E-state index in [0.717, 1.165) is 26.2 Å². The Hall–Kier alpha value is -6.90. The molecule has 3 aromatic carbocycles. The largest absolute Gasteiger partial charge is 0.378 e. The Balaban J connectivity index is 1.00. The van der Waals surface area contributed by atoms with Crippen LogP contribution in [0.5, 0.6) is 0 Å². The molecule has 8 N–H and O–H groups in total. The molecule has 3 aliphatic rings. The number of piperazine rings is 2. The average molecular weight is 1060 g/mol. The van der Waals surface area contributed by atoms with E-state index in [4.69, 9.17) is 9.88 Å². The summed E-state index contributed by atoms with van der Waals surface area (Å²) < 4.78 is 96.1. The van der Waals surface area contributed by atoms with E-state index in [9.17, 15) is 25.3 Å². The van der Waals surface area contributed by atoms with Crippen molar-refractivity contribution < 1.29 is 30.0 Å². The second-order valence-electron chi connectivity index (χ2n) is 17.3. The van der Waals surface area contributed by atoms with Gasteiger partial charge in [0.2, 0.25) is 70.8 Å². The third-order valence-electron chi connectivity index (χ3n) is 11.8. The summed E-state index contributed by atoms with van der Waals surface area (Å²) in [6, 6.07) is 17.9. The number of nitrogens with two attached hydrogens (primary N) is 1. The number of benzene rings is 3. The minimum atomic E-state index is -5.32. The molecule has 0 spiro atoms. The molecule has 3 saturated heterocycles. The summed E-state index contributed by atoms with van der Waals surface area (Å²) in [5.74, 6) is 0.0976. The lowest BCUT2D eigenvalue weighted by molar-refractivity contribution is 0.122. The van der Waals surface area contributed by atoms with Crippen LogP contribution in [0, 0.1) is 0 Å². The number of likely N-dealkylation sites (N-methyl/N-ethyl adjacent to an activating group) is 1. The van der Waals surface area contributed by atoms with Crippen LogP contribution in [0.1, 0.15) is 16.7 Å². The Morgan fingerprint density at radius 1 is 0.562 bits per heavy atom. The molecule has 3 fully saturated rings. The monoisotopic (exact) mass is 1060 g/mol. The molecule has 1 unspecified atom stereocenters. The fraction of sp³-hybridized carbons (Fsp3) is 0.372. The maximum Gasteiger partial charge on any atom is 0.248 e. The van der Waals surface area contributed by atoms with Gasteiger partial charge >= 0.3 is 0 Å². The molecule has 6 aromatic rings. The predicted molar refractivity (Wildman–Crippen MR) is 273 cm³/mol. The molecule has 0 amide bonds. The van der Waals surface area contributed by atoms with Gasteiger partial charge in [-0.2, -0.15) is 24.4 Å². The lowest BCUT2D eigenvalue weighted by Crippen LogP contribution is -2.64. The summed E-state index contributed by atoms with van der Waals surface area (Å²) >= 11 is 0. The number of rotatable bonds is 19. The molecule has 1 atom stereocenters. The predicted octanol–water partition coefficient (Wildman–Crippen LogP) is 0.108. The van der Waals surface area contributed by atoms with Crippen LogP contribution in [-0.2, 0) is 51.3 Å². The fourth-order valence-corrected chi connectivity index (χ4v) is 13.0. The molecule has 386 valence electrons. The Labute approximate surface area is 422 Å². The topological polar surface area (TPSA) is 339 Å². The van der Waals surface area contributed by atoms with E-state index in [2.05, 4.69) is 80.5 Å². The van der Waals surface area contributed by atoms with E-state index in [0.29, 0.717) is 81.7 Å². The van der Waals surface area contributed by atoms with Crippen molar-refractivity contribution in [1.29, 1.82) is 0 Å². The second-order valence-corrected chi connectivity index (χ2v) is 22.4. The van der Waals surface area contributed by atoms with E-state index < -0.39 is 52.1 Å². The van der Waals surface area contributed by atoms with Crippen molar-refractivity contribution in [2.24, 2.45) is 5.14 Å². The lowest BCUT2D eigenvalue weighted by atomic mass is 10.1. The van der Waals surface area contributed by atoms with E-state index >= 15 is 0 Å². The van der Waals surface area contributed by atoms with Crippen LogP contribution in [0.2, 0.25) is 0 Å². The zero-order valence-corrected chi connectivity index (χ0v) is 42.0. The van der Waals surface area contributed by atoms with Gasteiger partial charge in [0.15, 0.2) is 0 Å². The van der Waals surface area contributed by atoms with Crippen LogP contribution in [0.3, 0.4) is 0 Å². The third kappa shape index (κ3) is 13.2. The van der Waals surface area contributed by atoms with E-state index in [1.807, 2.05) is 21.7 Å². The average Bonchev–Trinajstić information content (AvgIpc) is 3.37. The first-order chi connectivity index (χ1) is 35.1. The highest BCUT2D eigenvalue weighted by molar-refractivity contribution is 7.94. The van der Waals surface area contributed by atoms with Gasteiger partial charge in [0.25, 0.3) is 0 Å². The maximum absolute atomic E-state index is 14.5. The van der Waals surface area contributed by atoms with Crippen LogP contribution in [-0.4, -0.2) is 161 Å². The zero-order chi connectivity index (χ0) is 51.1. The Morgan fingerprint density at radius 2 is 0.986 bits per heavy atom. The Bertz CT molecular complexity index is 3090. The van der Waals surface area contributed by atoms with Gasteiger partial charge in [-0.25, -0.2) is 60.3 Å². The van der Waals surface area contributed by atoms with Gasteiger partial charge in [-0.05, 0) is 54.6 Å². The summed E-state index contributed by atoms with van der Waals surface area (Å²) in [7, 11) is -13.0. The van der Waals surface area contributed by atoms with Gasteiger partial charge in [0.05, 0.1) is 24.7 Å². The van der Waals surface area contributed by atoms with Crippen molar-refractivity contribution in [3.05, 3.63) is 108 Å². The zero-order valence-electron chi connectivity index (χ0n) is 39.5. The lowest BCUT2D eigenvalue weighted by Gasteiger charge is -2.33. The van der Waals surface area contributed by atoms with Crippen molar-refractivity contribution in [2.75, 3.05) is 116 Å². The first-order valence-electron chi connectivity index (χ1n) is 23.0. The number of nitrogens with one attached hydrogen (secondary N) is 6. The molecule has 3 aliphatic heterocycles. The number of anilines is 9. The first kappa shape index (κ1) is 51.0. The number of ether oxygens (including phenoxy) is 1. The summed E-state index contributed by atoms with van der Waals surface area (Å²) in [4.78, 5) is 44.0. The van der Waals surface area contributed by atoms with Gasteiger partial charge < -0.3 is 45.6 Å². The van der Waals surface area contributed by atoms with Crippen molar-refractivity contribution in [3.8, 4) is 0 Å². The van der Waals surface area contributed by atoms with Crippen LogP contribution < -0.4 is 50.6 Å². The number of morpholine rings is 1. The SMILES string of the molecule is CN1CCN(c2ncnc(Nc3cccc(C(NS(=O)(=O)Cc4cccc(Nc5ncnc(N6CCNCC6)n5)c4)(NS(=O)(=O)Cc4cccc(Nc5ncnc(N6CCOCC6)n5)c4)S(N)(=O)=O)c3)n2)CC1. The Morgan fingerprint density at radius 3 is 1.45 bits per heavy atom. The van der Waals surface area contributed by atoms with E-state index in [1.165, 1.54) is 67.5 Å². The van der Waals surface area contributed by atoms with Gasteiger partial charge in [-0.1, -0.05) is 36.4 Å². The molecular formula is C43H54N20O7S3. The van der Waals surface area contributed by atoms with Crippen molar-refractivity contribution >= 4 is 82.8 Å². The molecule has 6 heterocycles. The van der Waals surface area contributed by atoms with Gasteiger partial charge in [-0.3, -0.25) is 0 Å². The normalized spacial score (nSPS) is 16.9. The highest BCUT2D eigenvalue weighted by Gasteiger charge is 2.50. The molecule has 73 heavy (non-hydrogen) atoms.